The number of piperidine rings is 1. The van der Waals surface area contributed by atoms with E-state index in [9.17, 15) is 0 Å². The molecule has 2 unspecified atom stereocenters. The van der Waals surface area contributed by atoms with E-state index in [1.807, 2.05) is 7.05 Å². The van der Waals surface area contributed by atoms with Gasteiger partial charge in [-0.2, -0.15) is 4.98 Å². The number of anilines is 2. The molecule has 0 spiro atoms. The Morgan fingerprint density at radius 2 is 2.05 bits per heavy atom. The van der Waals surface area contributed by atoms with Gasteiger partial charge >= 0.3 is 0 Å². The Morgan fingerprint density at radius 1 is 1.26 bits per heavy atom. The van der Waals surface area contributed by atoms with Crippen LogP contribution in [0.5, 0.6) is 0 Å². The van der Waals surface area contributed by atoms with Gasteiger partial charge in [0.25, 0.3) is 0 Å². The van der Waals surface area contributed by atoms with Crippen LogP contribution in [0.1, 0.15) is 32.1 Å². The third kappa shape index (κ3) is 2.64. The Kier molecular flexibility index (Phi) is 3.78. The highest BCUT2D eigenvalue weighted by Crippen LogP contribution is 2.38. The van der Waals surface area contributed by atoms with Gasteiger partial charge in [0, 0.05) is 20.1 Å². The monoisotopic (exact) mass is 280 g/mol. The van der Waals surface area contributed by atoms with Crippen LogP contribution in [0.4, 0.5) is 11.8 Å². The van der Waals surface area contributed by atoms with E-state index < -0.39 is 0 Å². The molecule has 1 saturated carbocycles. The van der Waals surface area contributed by atoms with E-state index >= 15 is 0 Å². The summed E-state index contributed by atoms with van der Waals surface area (Å²) >= 11 is 6.27. The van der Waals surface area contributed by atoms with Crippen molar-refractivity contribution in [2.24, 2.45) is 11.8 Å². The highest BCUT2D eigenvalue weighted by atomic mass is 35.5. The molecule has 104 valence electrons. The fraction of sp³-hybridized carbons (Fsp3) is 0.714. The Hall–Kier alpha value is -1.03. The first-order valence-corrected chi connectivity index (χ1v) is 7.61. The number of nitrogens with zero attached hydrogens (tertiary/aromatic N) is 3. The summed E-state index contributed by atoms with van der Waals surface area (Å²) in [6.45, 7) is 2.17. The number of hydrogen-bond acceptors (Lipinski definition) is 4. The Bertz CT molecular complexity index is 451. The number of halogens is 1. The second kappa shape index (κ2) is 5.53. The summed E-state index contributed by atoms with van der Waals surface area (Å²) in [4.78, 5) is 11.0. The van der Waals surface area contributed by atoms with E-state index in [-0.39, 0.29) is 0 Å². The van der Waals surface area contributed by atoms with Crippen LogP contribution in [-0.4, -0.2) is 30.1 Å². The molecule has 2 aliphatic rings. The molecule has 1 aliphatic heterocycles. The summed E-state index contributed by atoms with van der Waals surface area (Å²) in [5.41, 5.74) is 0. The molecule has 2 fully saturated rings. The normalized spacial score (nSPS) is 26.9. The summed E-state index contributed by atoms with van der Waals surface area (Å²) in [5.74, 6) is 3.29. The van der Waals surface area contributed by atoms with Crippen LogP contribution >= 0.6 is 11.6 Å². The quantitative estimate of drug-likeness (QED) is 0.903. The number of fused-ring (bicyclic) bond motifs is 1. The minimum absolute atomic E-state index is 0.644. The van der Waals surface area contributed by atoms with Crippen molar-refractivity contribution in [1.82, 2.24) is 9.97 Å². The largest absolute Gasteiger partial charge is 0.357 e. The van der Waals surface area contributed by atoms with Gasteiger partial charge in [0.05, 0.1) is 6.20 Å². The van der Waals surface area contributed by atoms with Crippen LogP contribution in [0.3, 0.4) is 0 Å². The molecule has 3 rings (SSSR count). The van der Waals surface area contributed by atoms with Gasteiger partial charge in [-0.25, -0.2) is 4.98 Å². The minimum atomic E-state index is 0.644. The highest BCUT2D eigenvalue weighted by molar-refractivity contribution is 6.32. The van der Waals surface area contributed by atoms with Gasteiger partial charge in [-0.3, -0.25) is 0 Å². The maximum atomic E-state index is 6.27. The number of hydrogen-bond donors (Lipinski definition) is 1. The van der Waals surface area contributed by atoms with Crippen molar-refractivity contribution in [3.8, 4) is 0 Å². The van der Waals surface area contributed by atoms with Crippen molar-refractivity contribution in [2.45, 2.75) is 32.1 Å². The summed E-state index contributed by atoms with van der Waals surface area (Å²) in [6.07, 6.45) is 8.55. The predicted octanol–water partition coefficient (Wildman–Crippen LogP) is 3.19. The molecule has 0 bridgehead atoms. The van der Waals surface area contributed by atoms with Gasteiger partial charge in [0.15, 0.2) is 5.82 Å². The van der Waals surface area contributed by atoms with E-state index in [2.05, 4.69) is 20.2 Å². The second-order valence-corrected chi connectivity index (χ2v) is 6.06. The molecule has 5 heteroatoms. The van der Waals surface area contributed by atoms with Gasteiger partial charge in [-0.05, 0) is 24.7 Å². The van der Waals surface area contributed by atoms with E-state index in [0.717, 1.165) is 30.7 Å². The lowest BCUT2D eigenvalue weighted by Crippen LogP contribution is -2.42. The summed E-state index contributed by atoms with van der Waals surface area (Å²) in [7, 11) is 1.83. The first kappa shape index (κ1) is 13.0. The smallest absolute Gasteiger partial charge is 0.224 e. The SMILES string of the molecule is CNc1ncc(Cl)c(N2CCC3CCCCC3C2)n1. The van der Waals surface area contributed by atoms with Crippen LogP contribution in [0.2, 0.25) is 5.02 Å². The van der Waals surface area contributed by atoms with Crippen molar-refractivity contribution in [3.63, 3.8) is 0 Å². The fourth-order valence-corrected chi connectivity index (χ4v) is 3.70. The zero-order chi connectivity index (χ0) is 13.2. The molecule has 19 heavy (non-hydrogen) atoms. The molecule has 1 aromatic rings. The molecular weight excluding hydrogens is 260 g/mol. The average molecular weight is 281 g/mol. The van der Waals surface area contributed by atoms with Gasteiger partial charge in [0.2, 0.25) is 5.95 Å². The van der Waals surface area contributed by atoms with Crippen LogP contribution in [0.15, 0.2) is 6.20 Å². The summed E-state index contributed by atoms with van der Waals surface area (Å²) < 4.78 is 0. The zero-order valence-electron chi connectivity index (χ0n) is 11.4. The predicted molar refractivity (Wildman–Crippen MR) is 78.9 cm³/mol. The minimum Gasteiger partial charge on any atom is -0.357 e. The number of rotatable bonds is 2. The zero-order valence-corrected chi connectivity index (χ0v) is 12.2. The van der Waals surface area contributed by atoms with Crippen LogP contribution in [0, 0.1) is 11.8 Å². The van der Waals surface area contributed by atoms with Crippen LogP contribution in [0.25, 0.3) is 0 Å². The average Bonchev–Trinajstić information content (AvgIpc) is 2.47. The van der Waals surface area contributed by atoms with E-state index in [1.165, 1.54) is 32.1 Å². The molecular formula is C14H21ClN4. The Balaban J connectivity index is 1.79. The second-order valence-electron chi connectivity index (χ2n) is 5.65. The summed E-state index contributed by atoms with van der Waals surface area (Å²) in [5, 5.41) is 3.64. The van der Waals surface area contributed by atoms with Crippen molar-refractivity contribution in [1.29, 1.82) is 0 Å². The van der Waals surface area contributed by atoms with Gasteiger partial charge in [0.1, 0.15) is 5.02 Å². The fourth-order valence-electron chi connectivity index (χ4n) is 3.49. The molecule has 0 radical (unpaired) electrons. The van der Waals surface area contributed by atoms with Crippen molar-refractivity contribution >= 4 is 23.4 Å². The van der Waals surface area contributed by atoms with Gasteiger partial charge in [-0.1, -0.05) is 30.9 Å². The number of nitrogens with one attached hydrogen (secondary N) is 1. The van der Waals surface area contributed by atoms with Crippen molar-refractivity contribution in [2.75, 3.05) is 30.4 Å². The third-order valence-corrected chi connectivity index (χ3v) is 4.81. The van der Waals surface area contributed by atoms with Crippen molar-refractivity contribution < 1.29 is 0 Å². The molecule has 1 aromatic heterocycles. The van der Waals surface area contributed by atoms with Crippen LogP contribution in [-0.2, 0) is 0 Å². The lowest BCUT2D eigenvalue weighted by molar-refractivity contribution is 0.202. The topological polar surface area (TPSA) is 41.1 Å². The van der Waals surface area contributed by atoms with Crippen molar-refractivity contribution in [3.05, 3.63) is 11.2 Å². The van der Waals surface area contributed by atoms with Gasteiger partial charge in [-0.15, -0.1) is 0 Å². The highest BCUT2D eigenvalue weighted by Gasteiger charge is 2.32. The Labute approximate surface area is 119 Å². The molecule has 1 aliphatic carbocycles. The molecule has 0 aromatic carbocycles. The first-order valence-electron chi connectivity index (χ1n) is 7.23. The van der Waals surface area contributed by atoms with E-state index in [0.29, 0.717) is 11.0 Å². The Morgan fingerprint density at radius 3 is 2.84 bits per heavy atom. The molecule has 2 atom stereocenters. The van der Waals surface area contributed by atoms with E-state index in [1.54, 1.807) is 6.20 Å². The molecule has 1 saturated heterocycles. The van der Waals surface area contributed by atoms with Gasteiger partial charge < -0.3 is 10.2 Å². The van der Waals surface area contributed by atoms with Crippen LogP contribution < -0.4 is 10.2 Å². The molecule has 0 amide bonds. The molecule has 4 nitrogen and oxygen atoms in total. The molecule has 1 N–H and O–H groups in total. The standard InChI is InChI=1S/C14H21ClN4/c1-16-14-17-8-12(15)13(18-14)19-7-6-10-4-2-3-5-11(10)9-19/h8,10-11H,2-7,9H2,1H3,(H,16,17,18). The maximum Gasteiger partial charge on any atom is 0.224 e. The lowest BCUT2D eigenvalue weighted by atomic mass is 9.75. The third-order valence-electron chi connectivity index (χ3n) is 4.54. The summed E-state index contributed by atoms with van der Waals surface area (Å²) in [6, 6.07) is 0. The lowest BCUT2D eigenvalue weighted by Gasteiger charge is -2.42. The maximum absolute atomic E-state index is 6.27. The number of aromatic nitrogens is 2. The first-order chi connectivity index (χ1) is 9.28. The molecule has 2 heterocycles. The van der Waals surface area contributed by atoms with E-state index in [4.69, 9.17) is 11.6 Å².